The van der Waals surface area contributed by atoms with Crippen molar-refractivity contribution in [1.29, 1.82) is 0 Å². The second kappa shape index (κ2) is 6.75. The number of carbonyl (C=O) groups excluding carboxylic acids is 1. The molecule has 0 aliphatic carbocycles. The number of anilines is 1. The average molecular weight is 275 g/mol. The summed E-state index contributed by atoms with van der Waals surface area (Å²) in [6.45, 7) is 7.72. The molecule has 1 saturated heterocycles. The van der Waals surface area contributed by atoms with E-state index in [1.54, 1.807) is 0 Å². The number of nitrogens with zero attached hydrogens (tertiary/aromatic N) is 2. The highest BCUT2D eigenvalue weighted by Crippen LogP contribution is 2.17. The van der Waals surface area contributed by atoms with Crippen LogP contribution in [0.3, 0.4) is 0 Å². The van der Waals surface area contributed by atoms with E-state index < -0.39 is 0 Å². The standard InChI is InChI=1S/C16H25N3O/c1-4-19(5-2)16(20)13-7-6-8-14(11-13)17-15-9-10-18(3)12-15/h6-8,11,15,17H,4-5,9-10,12H2,1-3H3. The molecule has 0 saturated carbocycles. The zero-order valence-electron chi connectivity index (χ0n) is 12.7. The Morgan fingerprint density at radius 1 is 1.40 bits per heavy atom. The summed E-state index contributed by atoms with van der Waals surface area (Å²) in [6.07, 6.45) is 1.16. The number of benzene rings is 1. The molecule has 4 nitrogen and oxygen atoms in total. The minimum Gasteiger partial charge on any atom is -0.381 e. The van der Waals surface area contributed by atoms with Crippen molar-refractivity contribution in [3.8, 4) is 0 Å². The summed E-state index contributed by atoms with van der Waals surface area (Å²) in [4.78, 5) is 16.5. The van der Waals surface area contributed by atoms with Crippen LogP contribution in [-0.4, -0.2) is 55.0 Å². The molecule has 1 unspecified atom stereocenters. The van der Waals surface area contributed by atoms with Crippen molar-refractivity contribution in [2.24, 2.45) is 0 Å². The summed E-state index contributed by atoms with van der Waals surface area (Å²) in [5.74, 6) is 0.113. The van der Waals surface area contributed by atoms with Crippen molar-refractivity contribution in [2.75, 3.05) is 38.5 Å². The molecule has 0 spiro atoms. The summed E-state index contributed by atoms with van der Waals surface area (Å²) in [5.41, 5.74) is 1.81. The Bertz CT molecular complexity index is 457. The van der Waals surface area contributed by atoms with Crippen molar-refractivity contribution >= 4 is 11.6 Å². The second-order valence-electron chi connectivity index (χ2n) is 5.45. The molecule has 1 heterocycles. The molecule has 1 aromatic carbocycles. The Balaban J connectivity index is 2.05. The SMILES string of the molecule is CCN(CC)C(=O)c1cccc(NC2CCN(C)C2)c1. The van der Waals surface area contributed by atoms with Crippen LogP contribution in [0.5, 0.6) is 0 Å². The van der Waals surface area contributed by atoms with E-state index in [2.05, 4.69) is 17.3 Å². The minimum absolute atomic E-state index is 0.113. The molecular weight excluding hydrogens is 250 g/mol. The molecule has 1 aromatic rings. The lowest BCUT2D eigenvalue weighted by Crippen LogP contribution is -2.30. The third-order valence-corrected chi connectivity index (χ3v) is 3.92. The molecule has 0 aromatic heterocycles. The van der Waals surface area contributed by atoms with E-state index in [-0.39, 0.29) is 5.91 Å². The van der Waals surface area contributed by atoms with Gasteiger partial charge in [0.2, 0.25) is 0 Å². The van der Waals surface area contributed by atoms with Gasteiger partial charge in [0, 0.05) is 36.9 Å². The van der Waals surface area contributed by atoms with Crippen LogP contribution in [0.25, 0.3) is 0 Å². The number of hydrogen-bond donors (Lipinski definition) is 1. The van der Waals surface area contributed by atoms with Gasteiger partial charge in [-0.05, 0) is 52.1 Å². The van der Waals surface area contributed by atoms with Gasteiger partial charge < -0.3 is 15.1 Å². The van der Waals surface area contributed by atoms with E-state index in [0.717, 1.165) is 43.9 Å². The zero-order chi connectivity index (χ0) is 14.5. The van der Waals surface area contributed by atoms with Crippen molar-refractivity contribution in [3.63, 3.8) is 0 Å². The van der Waals surface area contributed by atoms with Crippen molar-refractivity contribution in [3.05, 3.63) is 29.8 Å². The molecule has 1 amide bonds. The molecule has 1 aliphatic rings. The number of nitrogens with one attached hydrogen (secondary N) is 1. The Labute approximate surface area is 121 Å². The van der Waals surface area contributed by atoms with Crippen LogP contribution in [0.15, 0.2) is 24.3 Å². The van der Waals surface area contributed by atoms with Gasteiger partial charge >= 0.3 is 0 Å². The smallest absolute Gasteiger partial charge is 0.253 e. The Morgan fingerprint density at radius 2 is 2.15 bits per heavy atom. The average Bonchev–Trinajstić information content (AvgIpc) is 2.85. The fourth-order valence-electron chi connectivity index (χ4n) is 2.72. The van der Waals surface area contributed by atoms with Gasteiger partial charge in [0.05, 0.1) is 0 Å². The van der Waals surface area contributed by atoms with Gasteiger partial charge in [0.1, 0.15) is 0 Å². The maximum absolute atomic E-state index is 12.3. The first-order valence-electron chi connectivity index (χ1n) is 7.48. The number of hydrogen-bond acceptors (Lipinski definition) is 3. The predicted molar refractivity (Wildman–Crippen MR) is 83.2 cm³/mol. The normalized spacial score (nSPS) is 19.1. The van der Waals surface area contributed by atoms with Crippen LogP contribution in [-0.2, 0) is 0 Å². The quantitative estimate of drug-likeness (QED) is 0.895. The summed E-state index contributed by atoms with van der Waals surface area (Å²) in [7, 11) is 2.14. The van der Waals surface area contributed by atoms with Crippen LogP contribution in [0.1, 0.15) is 30.6 Å². The lowest BCUT2D eigenvalue weighted by Gasteiger charge is -2.20. The third-order valence-electron chi connectivity index (χ3n) is 3.92. The van der Waals surface area contributed by atoms with Gasteiger partial charge in [-0.2, -0.15) is 0 Å². The zero-order valence-corrected chi connectivity index (χ0v) is 12.7. The highest BCUT2D eigenvalue weighted by atomic mass is 16.2. The van der Waals surface area contributed by atoms with E-state index >= 15 is 0 Å². The van der Waals surface area contributed by atoms with Crippen LogP contribution in [0, 0.1) is 0 Å². The first-order valence-corrected chi connectivity index (χ1v) is 7.48. The third kappa shape index (κ3) is 3.51. The largest absolute Gasteiger partial charge is 0.381 e. The Hall–Kier alpha value is -1.55. The molecular formula is C16H25N3O. The maximum Gasteiger partial charge on any atom is 0.253 e. The van der Waals surface area contributed by atoms with E-state index in [1.165, 1.54) is 0 Å². The first-order chi connectivity index (χ1) is 9.63. The van der Waals surface area contributed by atoms with Crippen molar-refractivity contribution in [2.45, 2.75) is 26.3 Å². The minimum atomic E-state index is 0.113. The number of rotatable bonds is 5. The fourth-order valence-corrected chi connectivity index (χ4v) is 2.72. The van der Waals surface area contributed by atoms with Crippen LogP contribution in [0.2, 0.25) is 0 Å². The molecule has 4 heteroatoms. The molecule has 0 bridgehead atoms. The Morgan fingerprint density at radius 3 is 2.75 bits per heavy atom. The van der Waals surface area contributed by atoms with E-state index in [4.69, 9.17) is 0 Å². The lowest BCUT2D eigenvalue weighted by molar-refractivity contribution is 0.0773. The highest BCUT2D eigenvalue weighted by molar-refractivity contribution is 5.95. The van der Waals surface area contributed by atoms with E-state index in [1.807, 2.05) is 43.0 Å². The summed E-state index contributed by atoms with van der Waals surface area (Å²) < 4.78 is 0. The lowest BCUT2D eigenvalue weighted by atomic mass is 10.1. The number of carbonyl (C=O) groups is 1. The second-order valence-corrected chi connectivity index (χ2v) is 5.45. The molecule has 1 aliphatic heterocycles. The molecule has 110 valence electrons. The van der Waals surface area contributed by atoms with Gasteiger partial charge in [-0.3, -0.25) is 4.79 Å². The van der Waals surface area contributed by atoms with Crippen LogP contribution >= 0.6 is 0 Å². The van der Waals surface area contributed by atoms with Crippen LogP contribution < -0.4 is 5.32 Å². The van der Waals surface area contributed by atoms with Crippen molar-refractivity contribution in [1.82, 2.24) is 9.80 Å². The van der Waals surface area contributed by atoms with Gasteiger partial charge in [-0.25, -0.2) is 0 Å². The monoisotopic (exact) mass is 275 g/mol. The van der Waals surface area contributed by atoms with Gasteiger partial charge in [0.15, 0.2) is 0 Å². The van der Waals surface area contributed by atoms with Crippen LogP contribution in [0.4, 0.5) is 5.69 Å². The van der Waals surface area contributed by atoms with Crippen molar-refractivity contribution < 1.29 is 4.79 Å². The number of amides is 1. The maximum atomic E-state index is 12.3. The van der Waals surface area contributed by atoms with Gasteiger partial charge in [-0.15, -0.1) is 0 Å². The highest BCUT2D eigenvalue weighted by Gasteiger charge is 2.19. The molecule has 1 N–H and O–H groups in total. The number of likely N-dealkylation sites (N-methyl/N-ethyl adjacent to an activating group) is 1. The van der Waals surface area contributed by atoms with E-state index in [9.17, 15) is 4.79 Å². The predicted octanol–water partition coefficient (Wildman–Crippen LogP) is 2.28. The van der Waals surface area contributed by atoms with Gasteiger partial charge in [-0.1, -0.05) is 6.07 Å². The Kier molecular flexibility index (Phi) is 5.01. The molecule has 1 fully saturated rings. The fraction of sp³-hybridized carbons (Fsp3) is 0.562. The summed E-state index contributed by atoms with van der Waals surface area (Å²) >= 11 is 0. The molecule has 0 radical (unpaired) electrons. The first kappa shape index (κ1) is 14.9. The molecule has 20 heavy (non-hydrogen) atoms. The van der Waals surface area contributed by atoms with E-state index in [0.29, 0.717) is 6.04 Å². The number of likely N-dealkylation sites (tertiary alicyclic amines) is 1. The summed E-state index contributed by atoms with van der Waals surface area (Å²) in [6, 6.07) is 8.35. The molecule has 1 atom stereocenters. The molecule has 2 rings (SSSR count). The topological polar surface area (TPSA) is 35.6 Å². The summed E-state index contributed by atoms with van der Waals surface area (Å²) in [5, 5.41) is 3.53. The van der Waals surface area contributed by atoms with Gasteiger partial charge in [0.25, 0.3) is 5.91 Å².